The van der Waals surface area contributed by atoms with Crippen molar-refractivity contribution in [1.82, 2.24) is 0 Å². The van der Waals surface area contributed by atoms with Crippen molar-refractivity contribution in [3.8, 4) is 23.0 Å². The summed E-state index contributed by atoms with van der Waals surface area (Å²) in [6, 6.07) is 28.3. The molecule has 6 unspecified atom stereocenters. The van der Waals surface area contributed by atoms with Crippen LogP contribution in [0.3, 0.4) is 0 Å². The minimum Gasteiger partial charge on any atom is -0.508 e. The minimum absolute atomic E-state index is 0.0325. The van der Waals surface area contributed by atoms with Gasteiger partial charge in [-0.05, 0) is 129 Å². The average Bonchev–Trinajstić information content (AvgIpc) is 3.42. The molecular formula is C49H62O8. The highest BCUT2D eigenvalue weighted by Crippen LogP contribution is 2.39. The summed E-state index contributed by atoms with van der Waals surface area (Å²) >= 11 is 0. The summed E-state index contributed by atoms with van der Waals surface area (Å²) < 4.78 is 16.1. The van der Waals surface area contributed by atoms with E-state index in [1.165, 1.54) is 29.2 Å². The maximum absolute atomic E-state index is 12.3. The van der Waals surface area contributed by atoms with Gasteiger partial charge in [-0.2, -0.15) is 0 Å². The van der Waals surface area contributed by atoms with Crippen molar-refractivity contribution in [1.29, 1.82) is 0 Å². The monoisotopic (exact) mass is 778 g/mol. The van der Waals surface area contributed by atoms with Gasteiger partial charge < -0.3 is 24.4 Å². The molecule has 0 spiro atoms. The van der Waals surface area contributed by atoms with E-state index < -0.39 is 0 Å². The van der Waals surface area contributed by atoms with Crippen LogP contribution in [-0.2, 0) is 25.5 Å². The standard InChI is InChI=1S/C17H24O2.C11H12O3.C11H12O2.C10H14O/c1-4-17(2,3)16(18)19-15-12-8-6-10-13-9-5-7-11-14(13)15;1-6-7(2)11(13)14-10-4-3-8(12)5-9(6)10;1-7-8(2)11(12)13-10-6-4-3-5-9(7)10;1-3-8(2)9-4-6-10(11)7-5-9/h5,7,9,11,15H,4,6,8,10,12H2,1-3H3;3-7,12H,1-2H3;3-8H,1-2H3;4-8,11H,3H2,1-2H3. The third-order valence-electron chi connectivity index (χ3n) is 11.9. The van der Waals surface area contributed by atoms with E-state index in [9.17, 15) is 19.5 Å². The van der Waals surface area contributed by atoms with Crippen LogP contribution in [0, 0.1) is 17.3 Å². The van der Waals surface area contributed by atoms with E-state index >= 15 is 0 Å². The fourth-order valence-corrected chi connectivity index (χ4v) is 6.75. The average molecular weight is 779 g/mol. The number of para-hydroxylation sites is 1. The normalized spacial score (nSPS) is 21.2. The number of carbonyl (C=O) groups is 3. The van der Waals surface area contributed by atoms with E-state index in [0.29, 0.717) is 17.4 Å². The number of benzene rings is 4. The van der Waals surface area contributed by atoms with Crippen LogP contribution in [0.15, 0.2) is 91.0 Å². The first-order chi connectivity index (χ1) is 27.1. The summed E-state index contributed by atoms with van der Waals surface area (Å²) in [4.78, 5) is 35.0. The SMILES string of the molecule is CC1C(=O)Oc2ccc(O)cc2C1C.CC1C(=O)Oc2ccccc2C1C.CCC(C)(C)C(=O)OC1CCCCc2ccccc21.CCC(C)c1ccc(O)cc1. The second-order valence-electron chi connectivity index (χ2n) is 16.2. The first-order valence-corrected chi connectivity index (χ1v) is 20.5. The molecule has 8 heteroatoms. The van der Waals surface area contributed by atoms with Crippen molar-refractivity contribution >= 4 is 17.9 Å². The van der Waals surface area contributed by atoms with Gasteiger partial charge in [0.05, 0.1) is 17.3 Å². The van der Waals surface area contributed by atoms with Gasteiger partial charge in [0.25, 0.3) is 0 Å². The van der Waals surface area contributed by atoms with Gasteiger partial charge in [-0.1, -0.05) is 103 Å². The Morgan fingerprint density at radius 1 is 0.719 bits per heavy atom. The molecule has 0 bridgehead atoms. The molecule has 3 aliphatic rings. The molecule has 0 aromatic heterocycles. The molecule has 1 aliphatic carbocycles. The van der Waals surface area contributed by atoms with Gasteiger partial charge in [-0.3, -0.25) is 14.4 Å². The number of phenolic OH excluding ortho intramolecular Hbond substituents is 2. The summed E-state index contributed by atoms with van der Waals surface area (Å²) in [5.41, 5.74) is 5.49. The predicted octanol–water partition coefficient (Wildman–Crippen LogP) is 11.7. The quantitative estimate of drug-likeness (QED) is 0.117. The lowest BCUT2D eigenvalue weighted by atomic mass is 9.86. The molecule has 4 aromatic carbocycles. The van der Waals surface area contributed by atoms with Gasteiger partial charge in [0, 0.05) is 5.56 Å². The Balaban J connectivity index is 0.000000172. The van der Waals surface area contributed by atoms with E-state index in [1.54, 1.807) is 24.3 Å². The number of phenols is 2. The van der Waals surface area contributed by atoms with Crippen molar-refractivity contribution in [2.75, 3.05) is 0 Å². The van der Waals surface area contributed by atoms with Crippen LogP contribution in [0.2, 0.25) is 0 Å². The number of hydrogen-bond acceptors (Lipinski definition) is 8. The van der Waals surface area contributed by atoms with Crippen LogP contribution in [0.25, 0.3) is 0 Å². The van der Waals surface area contributed by atoms with Crippen LogP contribution in [0.1, 0.15) is 146 Å². The van der Waals surface area contributed by atoms with Gasteiger partial charge in [0.1, 0.15) is 29.1 Å². The minimum atomic E-state index is -0.388. The molecular weight excluding hydrogens is 717 g/mol. The second kappa shape index (κ2) is 20.4. The Bertz CT molecular complexity index is 1950. The maximum Gasteiger partial charge on any atom is 0.314 e. The molecule has 0 radical (unpaired) electrons. The molecule has 7 rings (SSSR count). The van der Waals surface area contributed by atoms with Gasteiger partial charge in [-0.15, -0.1) is 0 Å². The Labute approximate surface area is 339 Å². The maximum atomic E-state index is 12.3. The van der Waals surface area contributed by atoms with Gasteiger partial charge >= 0.3 is 17.9 Å². The van der Waals surface area contributed by atoms with E-state index in [0.717, 1.165) is 49.0 Å². The molecule has 0 saturated carbocycles. The molecule has 8 nitrogen and oxygen atoms in total. The molecule has 6 atom stereocenters. The molecule has 2 N–H and O–H groups in total. The highest BCUT2D eigenvalue weighted by atomic mass is 16.5. The first kappa shape index (κ1) is 44.6. The number of hydrogen-bond donors (Lipinski definition) is 2. The van der Waals surface area contributed by atoms with Crippen molar-refractivity contribution in [3.05, 3.63) is 119 Å². The number of aromatic hydroxyl groups is 2. The van der Waals surface area contributed by atoms with E-state index in [1.807, 2.05) is 84.0 Å². The van der Waals surface area contributed by atoms with Crippen LogP contribution >= 0.6 is 0 Å². The summed E-state index contributed by atoms with van der Waals surface area (Å²) in [7, 11) is 0. The van der Waals surface area contributed by atoms with Crippen LogP contribution < -0.4 is 9.47 Å². The largest absolute Gasteiger partial charge is 0.508 e. The van der Waals surface area contributed by atoms with E-state index in [4.69, 9.17) is 19.3 Å². The first-order valence-electron chi connectivity index (χ1n) is 20.5. The molecule has 2 aliphatic heterocycles. The molecule has 0 saturated heterocycles. The third kappa shape index (κ3) is 11.7. The smallest absolute Gasteiger partial charge is 0.314 e. The number of ether oxygens (including phenoxy) is 3. The summed E-state index contributed by atoms with van der Waals surface area (Å²) in [5.74, 6) is 2.22. The van der Waals surface area contributed by atoms with Crippen molar-refractivity contribution in [3.63, 3.8) is 0 Å². The van der Waals surface area contributed by atoms with E-state index in [-0.39, 0.29) is 58.8 Å². The number of rotatable bonds is 5. The summed E-state index contributed by atoms with van der Waals surface area (Å²) in [6.07, 6.45) is 6.24. The zero-order valence-corrected chi connectivity index (χ0v) is 35.2. The van der Waals surface area contributed by atoms with Crippen LogP contribution in [0.5, 0.6) is 23.0 Å². The molecule has 4 aromatic rings. The van der Waals surface area contributed by atoms with Crippen molar-refractivity contribution in [2.45, 2.75) is 125 Å². The number of carbonyl (C=O) groups excluding carboxylic acids is 3. The van der Waals surface area contributed by atoms with Gasteiger partial charge in [-0.25, -0.2) is 0 Å². The number of esters is 3. The predicted molar refractivity (Wildman–Crippen MR) is 225 cm³/mol. The fourth-order valence-electron chi connectivity index (χ4n) is 6.75. The number of fused-ring (bicyclic) bond motifs is 3. The summed E-state index contributed by atoms with van der Waals surface area (Å²) in [5, 5.41) is 18.3. The molecule has 0 amide bonds. The second-order valence-corrected chi connectivity index (χ2v) is 16.2. The molecule has 57 heavy (non-hydrogen) atoms. The Morgan fingerprint density at radius 2 is 1.26 bits per heavy atom. The van der Waals surface area contributed by atoms with Gasteiger partial charge in [0.15, 0.2) is 0 Å². The topological polar surface area (TPSA) is 119 Å². The third-order valence-corrected chi connectivity index (χ3v) is 11.9. The summed E-state index contributed by atoms with van der Waals surface area (Å²) in [6.45, 7) is 18.1. The Morgan fingerprint density at radius 3 is 1.88 bits per heavy atom. The molecule has 306 valence electrons. The molecule has 2 heterocycles. The zero-order valence-electron chi connectivity index (χ0n) is 35.2. The molecule has 0 fully saturated rings. The van der Waals surface area contributed by atoms with Crippen molar-refractivity contribution < 1.29 is 38.8 Å². The van der Waals surface area contributed by atoms with E-state index in [2.05, 4.69) is 39.0 Å². The lowest BCUT2D eigenvalue weighted by Crippen LogP contribution is -2.28. The highest BCUT2D eigenvalue weighted by molar-refractivity contribution is 5.79. The van der Waals surface area contributed by atoms with Crippen LogP contribution in [-0.4, -0.2) is 28.1 Å². The fraction of sp³-hybridized carbons (Fsp3) is 0.449. The van der Waals surface area contributed by atoms with Crippen molar-refractivity contribution in [2.24, 2.45) is 17.3 Å². The lowest BCUT2D eigenvalue weighted by molar-refractivity contribution is -0.160. The lowest BCUT2D eigenvalue weighted by Gasteiger charge is -2.26. The highest BCUT2D eigenvalue weighted by Gasteiger charge is 2.33. The Kier molecular flexibility index (Phi) is 15.9. The number of aryl methyl sites for hydroxylation is 1. The van der Waals surface area contributed by atoms with Crippen LogP contribution in [0.4, 0.5) is 0 Å². The Hall–Kier alpha value is -5.11. The van der Waals surface area contributed by atoms with Gasteiger partial charge in [0.2, 0.25) is 0 Å². The zero-order chi connectivity index (χ0) is 41.9.